The van der Waals surface area contributed by atoms with E-state index in [9.17, 15) is 9.59 Å². The van der Waals surface area contributed by atoms with Gasteiger partial charge in [0.15, 0.2) is 10.6 Å². The van der Waals surface area contributed by atoms with Gasteiger partial charge >= 0.3 is 0 Å². The molecule has 0 radical (unpaired) electrons. The summed E-state index contributed by atoms with van der Waals surface area (Å²) in [6.45, 7) is 0. The minimum absolute atomic E-state index is 0.189. The van der Waals surface area contributed by atoms with Crippen LogP contribution >= 0.6 is 23.2 Å². The minimum Gasteiger partial charge on any atom is -0.493 e. The normalized spacial score (nSPS) is 10.0. The van der Waals surface area contributed by atoms with E-state index in [0.29, 0.717) is 5.69 Å². The van der Waals surface area contributed by atoms with Crippen LogP contribution in [0.15, 0.2) is 29.1 Å². The molecule has 1 aromatic rings. The lowest BCUT2D eigenvalue weighted by molar-refractivity contribution is -0.114. The molecule has 0 unspecified atom stereocenters. The van der Waals surface area contributed by atoms with Crippen LogP contribution in [0.5, 0.6) is 5.75 Å². The molecule has 0 heterocycles. The molecule has 1 N–H and O–H groups in total. The summed E-state index contributed by atoms with van der Waals surface area (Å²) in [5, 5.41) is 2.44. The third-order valence-corrected chi connectivity index (χ3v) is 2.15. The molecule has 0 aromatic heterocycles. The Kier molecular flexibility index (Phi) is 4.58. The summed E-state index contributed by atoms with van der Waals surface area (Å²) in [6.07, 6.45) is 0. The van der Waals surface area contributed by atoms with Crippen LogP contribution in [-0.2, 0) is 4.79 Å². The van der Waals surface area contributed by atoms with Crippen LogP contribution < -0.4 is 15.5 Å². The molecule has 0 aliphatic carbocycles. The summed E-state index contributed by atoms with van der Waals surface area (Å²) in [5.41, 5.74) is 0.132. The van der Waals surface area contributed by atoms with Crippen LogP contribution in [0.1, 0.15) is 0 Å². The van der Waals surface area contributed by atoms with Crippen molar-refractivity contribution in [3.63, 3.8) is 0 Å². The second kappa shape index (κ2) is 5.72. The molecule has 0 saturated carbocycles. The van der Waals surface area contributed by atoms with Gasteiger partial charge in [0.2, 0.25) is 5.43 Å². The highest BCUT2D eigenvalue weighted by atomic mass is 35.5. The fourth-order valence-electron chi connectivity index (χ4n) is 1.000. The number of carbonyl (C=O) groups excluding carboxylic acids is 1. The Balaban J connectivity index is 2.97. The Morgan fingerprint density at radius 1 is 1.31 bits per heavy atom. The fraction of sp³-hybridized carbons (Fsp3) is 0.200. The molecule has 0 aliphatic rings. The Morgan fingerprint density at radius 2 is 1.94 bits per heavy atom. The molecule has 1 amide bonds. The van der Waals surface area contributed by atoms with Crippen LogP contribution in [0, 0.1) is 0 Å². The molecule has 86 valence electrons. The number of ether oxygens (including phenoxy) is 1. The Morgan fingerprint density at radius 3 is 2.50 bits per heavy atom. The van der Waals surface area contributed by atoms with E-state index in [1.54, 1.807) is 0 Å². The van der Waals surface area contributed by atoms with Gasteiger partial charge < -0.3 is 10.1 Å². The van der Waals surface area contributed by atoms with Crippen molar-refractivity contribution in [2.24, 2.45) is 0 Å². The largest absolute Gasteiger partial charge is 0.493 e. The number of carbonyl (C=O) groups is 1. The van der Waals surface area contributed by atoms with Crippen LogP contribution in [-0.4, -0.2) is 17.9 Å². The molecule has 0 saturated heterocycles. The molecule has 1 rings (SSSR count). The van der Waals surface area contributed by atoms with E-state index in [1.165, 1.54) is 31.4 Å². The highest BCUT2D eigenvalue weighted by Gasteiger charge is 2.10. The summed E-state index contributed by atoms with van der Waals surface area (Å²) in [6, 6.07) is 5.70. The summed E-state index contributed by atoms with van der Waals surface area (Å²) in [4.78, 5) is 21.3. The van der Waals surface area contributed by atoms with E-state index >= 15 is 0 Å². The van der Waals surface area contributed by atoms with Crippen molar-refractivity contribution < 1.29 is 9.53 Å². The number of methoxy groups -OCH3 is 1. The van der Waals surface area contributed by atoms with E-state index in [-0.39, 0.29) is 11.2 Å². The first kappa shape index (κ1) is 12.8. The maximum Gasteiger partial charge on any atom is 0.257 e. The van der Waals surface area contributed by atoms with Crippen molar-refractivity contribution in [1.29, 1.82) is 0 Å². The molecule has 0 bridgehead atoms. The van der Waals surface area contributed by atoms with Gasteiger partial charge in [0.25, 0.3) is 5.91 Å². The number of alkyl halides is 2. The van der Waals surface area contributed by atoms with E-state index in [4.69, 9.17) is 27.9 Å². The van der Waals surface area contributed by atoms with Gasteiger partial charge in [0.1, 0.15) is 0 Å². The van der Waals surface area contributed by atoms with Gasteiger partial charge in [-0.3, -0.25) is 9.59 Å². The molecule has 1 aromatic carbocycles. The third-order valence-electron chi connectivity index (χ3n) is 1.76. The SMILES string of the molecule is COc1ccc(NC(=O)C(Cl)Cl)ccc1=O. The van der Waals surface area contributed by atoms with Crippen LogP contribution in [0.4, 0.5) is 5.69 Å². The van der Waals surface area contributed by atoms with E-state index < -0.39 is 10.7 Å². The predicted octanol–water partition coefficient (Wildman–Crippen LogP) is 1.80. The van der Waals surface area contributed by atoms with E-state index in [0.717, 1.165) is 0 Å². The number of halogens is 2. The smallest absolute Gasteiger partial charge is 0.257 e. The van der Waals surface area contributed by atoms with Crippen molar-refractivity contribution in [2.75, 3.05) is 12.4 Å². The van der Waals surface area contributed by atoms with Gasteiger partial charge in [0.05, 0.1) is 7.11 Å². The second-order valence-electron chi connectivity index (χ2n) is 2.84. The average Bonchev–Trinajstić information content (AvgIpc) is 2.41. The molecule has 6 heteroatoms. The first-order valence-electron chi connectivity index (χ1n) is 4.32. The topological polar surface area (TPSA) is 55.4 Å². The third kappa shape index (κ3) is 3.40. The van der Waals surface area contributed by atoms with Gasteiger partial charge in [-0.15, -0.1) is 0 Å². The van der Waals surface area contributed by atoms with Crippen LogP contribution in [0.3, 0.4) is 0 Å². The first-order chi connectivity index (χ1) is 7.54. The van der Waals surface area contributed by atoms with Crippen LogP contribution in [0.2, 0.25) is 0 Å². The highest BCUT2D eigenvalue weighted by Crippen LogP contribution is 2.10. The number of rotatable bonds is 3. The molecule has 16 heavy (non-hydrogen) atoms. The molecule has 0 fully saturated rings. The number of hydrogen-bond donors (Lipinski definition) is 1. The van der Waals surface area contributed by atoms with E-state index in [1.807, 2.05) is 0 Å². The zero-order valence-corrected chi connectivity index (χ0v) is 9.88. The Bertz CT molecular complexity index is 448. The first-order valence-corrected chi connectivity index (χ1v) is 5.19. The molecule has 0 atom stereocenters. The highest BCUT2D eigenvalue weighted by molar-refractivity contribution is 6.54. The summed E-state index contributed by atoms with van der Waals surface area (Å²) < 4.78 is 4.84. The van der Waals surface area contributed by atoms with Gasteiger partial charge in [-0.05, 0) is 24.3 Å². The van der Waals surface area contributed by atoms with Crippen molar-refractivity contribution in [2.45, 2.75) is 4.84 Å². The zero-order valence-electron chi connectivity index (χ0n) is 8.37. The lowest BCUT2D eigenvalue weighted by Crippen LogP contribution is -2.18. The number of anilines is 1. The lowest BCUT2D eigenvalue weighted by atomic mass is 10.4. The van der Waals surface area contributed by atoms with Crippen LogP contribution in [0.25, 0.3) is 0 Å². The number of amides is 1. The monoisotopic (exact) mass is 261 g/mol. The van der Waals surface area contributed by atoms with Gasteiger partial charge in [-0.2, -0.15) is 0 Å². The quantitative estimate of drug-likeness (QED) is 0.845. The lowest BCUT2D eigenvalue weighted by Gasteiger charge is -2.02. The summed E-state index contributed by atoms with van der Waals surface area (Å²) >= 11 is 10.7. The molecule has 0 aliphatic heterocycles. The standard InChI is InChI=1S/C10H9Cl2NO3/c1-16-8-5-3-6(2-4-7(8)14)13-10(15)9(11)12/h2-5,9H,1H3,(H,13,15). The predicted molar refractivity (Wildman–Crippen MR) is 63.4 cm³/mol. The minimum atomic E-state index is -1.15. The average molecular weight is 262 g/mol. The molecule has 0 spiro atoms. The van der Waals surface area contributed by atoms with Crippen molar-refractivity contribution >= 4 is 34.8 Å². The maximum atomic E-state index is 11.3. The molecular weight excluding hydrogens is 253 g/mol. The fourth-order valence-corrected chi connectivity index (χ4v) is 1.11. The van der Waals surface area contributed by atoms with Crippen molar-refractivity contribution in [1.82, 2.24) is 0 Å². The van der Waals surface area contributed by atoms with Gasteiger partial charge in [0, 0.05) is 5.69 Å². The molecule has 4 nitrogen and oxygen atoms in total. The van der Waals surface area contributed by atoms with Gasteiger partial charge in [-0.25, -0.2) is 0 Å². The number of hydrogen-bond acceptors (Lipinski definition) is 3. The Labute approximate surface area is 102 Å². The van der Waals surface area contributed by atoms with Crippen molar-refractivity contribution in [3.8, 4) is 5.75 Å². The molecular formula is C10H9Cl2NO3. The van der Waals surface area contributed by atoms with Crippen molar-refractivity contribution in [3.05, 3.63) is 34.5 Å². The second-order valence-corrected chi connectivity index (χ2v) is 3.94. The maximum absolute atomic E-state index is 11.3. The van der Waals surface area contributed by atoms with Gasteiger partial charge in [-0.1, -0.05) is 23.2 Å². The van der Waals surface area contributed by atoms with E-state index in [2.05, 4.69) is 5.32 Å². The number of nitrogens with one attached hydrogen (secondary N) is 1. The summed E-state index contributed by atoms with van der Waals surface area (Å²) in [7, 11) is 1.39. The summed E-state index contributed by atoms with van der Waals surface area (Å²) in [5.74, 6) is -0.366. The zero-order chi connectivity index (χ0) is 12.1. The Hall–Kier alpha value is -1.26.